The molecule has 1 aliphatic heterocycles. The molecule has 3 nitrogen and oxygen atoms in total. The van der Waals surface area contributed by atoms with E-state index < -0.39 is 9.84 Å². The molecule has 0 radical (unpaired) electrons. The van der Waals surface area contributed by atoms with Gasteiger partial charge in [0.2, 0.25) is 0 Å². The van der Waals surface area contributed by atoms with Gasteiger partial charge in [-0.05, 0) is 12.8 Å². The SMILES string of the molecule is CS(=O)(=O)C1=COCCC1. The van der Waals surface area contributed by atoms with Crippen LogP contribution in [0.15, 0.2) is 11.2 Å². The van der Waals surface area contributed by atoms with Crippen molar-refractivity contribution in [3.05, 3.63) is 11.2 Å². The van der Waals surface area contributed by atoms with Crippen molar-refractivity contribution in [2.45, 2.75) is 12.8 Å². The van der Waals surface area contributed by atoms with Gasteiger partial charge in [0.25, 0.3) is 0 Å². The standard InChI is InChI=1S/C6H10O3S/c1-10(7,8)6-3-2-4-9-5-6/h5H,2-4H2,1H3. The molecule has 1 rings (SSSR count). The highest BCUT2D eigenvalue weighted by atomic mass is 32.2. The first kappa shape index (κ1) is 7.60. The average Bonchev–Trinajstić information content (AvgIpc) is 1.88. The second-order valence-corrected chi connectivity index (χ2v) is 4.40. The highest BCUT2D eigenvalue weighted by Gasteiger charge is 2.13. The Balaban J connectivity index is 2.82. The van der Waals surface area contributed by atoms with Crippen LogP contribution in [-0.2, 0) is 14.6 Å². The summed E-state index contributed by atoms with van der Waals surface area (Å²) in [4.78, 5) is 0.416. The van der Waals surface area contributed by atoms with Gasteiger partial charge in [-0.2, -0.15) is 0 Å². The van der Waals surface area contributed by atoms with Crippen molar-refractivity contribution in [3.63, 3.8) is 0 Å². The van der Waals surface area contributed by atoms with E-state index in [1.54, 1.807) is 0 Å². The topological polar surface area (TPSA) is 43.4 Å². The lowest BCUT2D eigenvalue weighted by Gasteiger charge is -2.10. The van der Waals surface area contributed by atoms with Gasteiger partial charge in [0.15, 0.2) is 9.84 Å². The number of allylic oxidation sites excluding steroid dienone is 1. The van der Waals surface area contributed by atoms with Crippen molar-refractivity contribution in [1.82, 2.24) is 0 Å². The number of hydrogen-bond donors (Lipinski definition) is 0. The van der Waals surface area contributed by atoms with E-state index in [1.807, 2.05) is 0 Å². The first-order valence-electron chi connectivity index (χ1n) is 3.11. The van der Waals surface area contributed by atoms with E-state index in [1.165, 1.54) is 12.5 Å². The van der Waals surface area contributed by atoms with Gasteiger partial charge in [0.1, 0.15) is 0 Å². The second-order valence-electron chi connectivity index (χ2n) is 2.33. The van der Waals surface area contributed by atoms with Gasteiger partial charge in [-0.25, -0.2) is 8.42 Å². The van der Waals surface area contributed by atoms with Crippen LogP contribution in [0.25, 0.3) is 0 Å². The summed E-state index contributed by atoms with van der Waals surface area (Å²) in [6.45, 7) is 0.638. The van der Waals surface area contributed by atoms with Crippen molar-refractivity contribution in [2.24, 2.45) is 0 Å². The van der Waals surface area contributed by atoms with E-state index in [0.717, 1.165) is 6.42 Å². The zero-order valence-corrected chi connectivity index (χ0v) is 6.65. The van der Waals surface area contributed by atoms with Gasteiger partial charge in [-0.1, -0.05) is 0 Å². The molecule has 58 valence electrons. The fourth-order valence-corrected chi connectivity index (χ4v) is 1.57. The largest absolute Gasteiger partial charge is 0.500 e. The summed E-state index contributed by atoms with van der Waals surface area (Å²) in [6, 6.07) is 0. The highest BCUT2D eigenvalue weighted by Crippen LogP contribution is 2.16. The lowest BCUT2D eigenvalue weighted by atomic mass is 10.3. The molecule has 4 heteroatoms. The Morgan fingerprint density at radius 3 is 2.60 bits per heavy atom. The quantitative estimate of drug-likeness (QED) is 0.569. The number of rotatable bonds is 1. The van der Waals surface area contributed by atoms with Crippen LogP contribution in [0.2, 0.25) is 0 Å². The lowest BCUT2D eigenvalue weighted by Crippen LogP contribution is -2.07. The molecule has 0 aromatic carbocycles. The molecule has 0 N–H and O–H groups in total. The molecule has 0 saturated heterocycles. The zero-order valence-electron chi connectivity index (χ0n) is 5.83. The Labute approximate surface area is 60.6 Å². The predicted molar refractivity (Wildman–Crippen MR) is 38.1 cm³/mol. The summed E-state index contributed by atoms with van der Waals surface area (Å²) in [5.74, 6) is 0. The third-order valence-corrected chi connectivity index (χ3v) is 2.63. The fraction of sp³-hybridized carbons (Fsp3) is 0.667. The van der Waals surface area contributed by atoms with E-state index in [0.29, 0.717) is 17.9 Å². The summed E-state index contributed by atoms with van der Waals surface area (Å²) in [6.07, 6.45) is 3.98. The lowest BCUT2D eigenvalue weighted by molar-refractivity contribution is 0.228. The Morgan fingerprint density at radius 1 is 1.60 bits per heavy atom. The minimum atomic E-state index is -2.99. The van der Waals surface area contributed by atoms with Crippen LogP contribution >= 0.6 is 0 Å². The summed E-state index contributed by atoms with van der Waals surface area (Å²) in [7, 11) is -2.99. The maximum atomic E-state index is 10.8. The van der Waals surface area contributed by atoms with Gasteiger partial charge in [-0.15, -0.1) is 0 Å². The van der Waals surface area contributed by atoms with Crippen LogP contribution in [0.4, 0.5) is 0 Å². The molecule has 0 bridgehead atoms. The first-order chi connectivity index (χ1) is 4.61. The van der Waals surface area contributed by atoms with Crippen LogP contribution in [0, 0.1) is 0 Å². The Bertz CT molecular complexity index is 238. The molecule has 0 fully saturated rings. The van der Waals surface area contributed by atoms with E-state index in [4.69, 9.17) is 4.74 Å². The van der Waals surface area contributed by atoms with Crippen LogP contribution in [0.3, 0.4) is 0 Å². The smallest absolute Gasteiger partial charge is 0.174 e. The minimum absolute atomic E-state index is 0.416. The van der Waals surface area contributed by atoms with Gasteiger partial charge in [0.05, 0.1) is 17.8 Å². The van der Waals surface area contributed by atoms with Gasteiger partial charge in [-0.3, -0.25) is 0 Å². The molecule has 1 heterocycles. The molecule has 10 heavy (non-hydrogen) atoms. The Morgan fingerprint density at radius 2 is 2.30 bits per heavy atom. The van der Waals surface area contributed by atoms with E-state index in [2.05, 4.69) is 0 Å². The molecule has 0 aromatic rings. The molecule has 0 amide bonds. The molecule has 0 aromatic heterocycles. The van der Waals surface area contributed by atoms with Crippen LogP contribution < -0.4 is 0 Å². The van der Waals surface area contributed by atoms with E-state index in [-0.39, 0.29) is 0 Å². The van der Waals surface area contributed by atoms with E-state index in [9.17, 15) is 8.42 Å². The van der Waals surface area contributed by atoms with Crippen molar-refractivity contribution >= 4 is 9.84 Å². The third-order valence-electron chi connectivity index (χ3n) is 1.38. The van der Waals surface area contributed by atoms with Crippen molar-refractivity contribution < 1.29 is 13.2 Å². The van der Waals surface area contributed by atoms with Crippen LogP contribution in [-0.4, -0.2) is 21.3 Å². The summed E-state index contributed by atoms with van der Waals surface area (Å²) >= 11 is 0. The molecular weight excluding hydrogens is 152 g/mol. The van der Waals surface area contributed by atoms with Crippen molar-refractivity contribution in [2.75, 3.05) is 12.9 Å². The summed E-state index contributed by atoms with van der Waals surface area (Å²) in [5, 5.41) is 0. The normalized spacial score (nSPS) is 19.5. The number of hydrogen-bond acceptors (Lipinski definition) is 3. The van der Waals surface area contributed by atoms with Gasteiger partial charge < -0.3 is 4.74 Å². The Kier molecular flexibility index (Phi) is 1.99. The second kappa shape index (κ2) is 2.62. The average molecular weight is 162 g/mol. The molecule has 1 aliphatic rings. The fourth-order valence-electron chi connectivity index (χ4n) is 0.813. The molecule has 0 spiro atoms. The highest BCUT2D eigenvalue weighted by molar-refractivity contribution is 7.94. The maximum Gasteiger partial charge on any atom is 0.174 e. The zero-order chi connectivity index (χ0) is 7.61. The minimum Gasteiger partial charge on any atom is -0.500 e. The van der Waals surface area contributed by atoms with Crippen molar-refractivity contribution in [1.29, 1.82) is 0 Å². The van der Waals surface area contributed by atoms with Gasteiger partial charge in [0, 0.05) is 6.26 Å². The molecular formula is C6H10O3S. The van der Waals surface area contributed by atoms with Crippen LogP contribution in [0.1, 0.15) is 12.8 Å². The van der Waals surface area contributed by atoms with Gasteiger partial charge >= 0.3 is 0 Å². The Hall–Kier alpha value is -0.510. The number of sulfone groups is 1. The summed E-state index contributed by atoms with van der Waals surface area (Å²) < 4.78 is 26.5. The number of ether oxygens (including phenoxy) is 1. The van der Waals surface area contributed by atoms with Crippen molar-refractivity contribution in [3.8, 4) is 0 Å². The van der Waals surface area contributed by atoms with E-state index >= 15 is 0 Å². The molecule has 0 aliphatic carbocycles. The first-order valence-corrected chi connectivity index (χ1v) is 5.00. The maximum absolute atomic E-state index is 10.8. The summed E-state index contributed by atoms with van der Waals surface area (Å²) in [5.41, 5.74) is 0. The molecule has 0 saturated carbocycles. The molecule has 0 atom stereocenters. The monoisotopic (exact) mass is 162 g/mol. The van der Waals surface area contributed by atoms with Crippen LogP contribution in [0.5, 0.6) is 0 Å². The predicted octanol–water partition coefficient (Wildman–Crippen LogP) is 0.683. The molecule has 0 unspecified atom stereocenters. The third kappa shape index (κ3) is 1.73.